The maximum atomic E-state index is 5.20. The molecule has 19 heavy (non-hydrogen) atoms. The Hall–Kier alpha value is -2.40. The van der Waals surface area contributed by atoms with E-state index in [1.54, 1.807) is 12.5 Å². The molecule has 94 valence electrons. The molecule has 0 saturated heterocycles. The summed E-state index contributed by atoms with van der Waals surface area (Å²) in [5, 5.41) is 0.829. The minimum absolute atomic E-state index is 0.667. The van der Waals surface area contributed by atoms with Crippen molar-refractivity contribution in [2.45, 2.75) is 0 Å². The van der Waals surface area contributed by atoms with E-state index in [1.165, 1.54) is 11.5 Å². The Balaban J connectivity index is 1.69. The highest BCUT2D eigenvalue weighted by Gasteiger charge is 1.98. The van der Waals surface area contributed by atoms with Crippen molar-refractivity contribution in [2.24, 2.45) is 0 Å². The fourth-order valence-electron chi connectivity index (χ4n) is 1.46. The Morgan fingerprint density at radius 2 is 1.58 bits per heavy atom. The number of hydrogen-bond acceptors (Lipinski definition) is 5. The van der Waals surface area contributed by atoms with E-state index < -0.39 is 0 Å². The first-order valence-electron chi connectivity index (χ1n) is 5.67. The third-order valence-electron chi connectivity index (χ3n) is 2.33. The minimum Gasteiger partial charge on any atom is -0.465 e. The molecular formula is C14H10N2O2S. The van der Waals surface area contributed by atoms with E-state index in [-0.39, 0.29) is 0 Å². The molecule has 0 radical (unpaired) electrons. The maximum absolute atomic E-state index is 5.20. The van der Waals surface area contributed by atoms with Gasteiger partial charge < -0.3 is 8.83 Å². The molecule has 3 heterocycles. The SMILES string of the molecule is C(=C\c1ccco1)/c1nsc(/C=C/c2ccco2)n1. The summed E-state index contributed by atoms with van der Waals surface area (Å²) in [4.78, 5) is 4.36. The van der Waals surface area contributed by atoms with Crippen LogP contribution in [0.4, 0.5) is 0 Å². The summed E-state index contributed by atoms with van der Waals surface area (Å²) in [7, 11) is 0. The molecule has 0 amide bonds. The second-order valence-corrected chi connectivity index (χ2v) is 4.47. The molecule has 0 unspecified atom stereocenters. The van der Waals surface area contributed by atoms with E-state index in [9.17, 15) is 0 Å². The van der Waals surface area contributed by atoms with Crippen molar-refractivity contribution in [1.29, 1.82) is 0 Å². The van der Waals surface area contributed by atoms with Crippen LogP contribution in [0.3, 0.4) is 0 Å². The standard InChI is InChI=1S/C14H10N2O2S/c1-3-11(17-9-1)5-7-13-15-14(19-16-13)8-6-12-4-2-10-18-12/h1-10H/b7-5+,8-6+. The van der Waals surface area contributed by atoms with Crippen molar-refractivity contribution < 1.29 is 8.83 Å². The minimum atomic E-state index is 0.667. The zero-order valence-corrected chi connectivity index (χ0v) is 10.7. The van der Waals surface area contributed by atoms with E-state index >= 15 is 0 Å². The summed E-state index contributed by atoms with van der Waals surface area (Å²) >= 11 is 1.34. The molecule has 0 fully saturated rings. The van der Waals surface area contributed by atoms with Gasteiger partial charge in [0.15, 0.2) is 5.82 Å². The highest BCUT2D eigenvalue weighted by Crippen LogP contribution is 2.13. The van der Waals surface area contributed by atoms with Gasteiger partial charge in [-0.1, -0.05) is 0 Å². The lowest BCUT2D eigenvalue weighted by molar-refractivity contribution is 0.557. The molecule has 0 N–H and O–H groups in total. The number of furan rings is 2. The van der Waals surface area contributed by atoms with Gasteiger partial charge in [0.05, 0.1) is 12.5 Å². The van der Waals surface area contributed by atoms with Gasteiger partial charge in [0.2, 0.25) is 0 Å². The van der Waals surface area contributed by atoms with Crippen LogP contribution < -0.4 is 0 Å². The van der Waals surface area contributed by atoms with Crippen molar-refractivity contribution >= 4 is 35.8 Å². The van der Waals surface area contributed by atoms with E-state index in [0.29, 0.717) is 5.82 Å². The van der Waals surface area contributed by atoms with Gasteiger partial charge in [-0.2, -0.15) is 4.37 Å². The summed E-state index contributed by atoms with van der Waals surface area (Å²) < 4.78 is 14.6. The molecule has 3 rings (SSSR count). The maximum Gasteiger partial charge on any atom is 0.166 e. The molecule has 0 aliphatic rings. The fourth-order valence-corrected chi connectivity index (χ4v) is 2.02. The number of hydrogen-bond donors (Lipinski definition) is 0. The molecule has 0 bridgehead atoms. The predicted molar refractivity (Wildman–Crippen MR) is 75.2 cm³/mol. The Bertz CT molecular complexity index is 620. The molecule has 0 aromatic carbocycles. The van der Waals surface area contributed by atoms with E-state index in [0.717, 1.165) is 16.5 Å². The van der Waals surface area contributed by atoms with Crippen LogP contribution >= 0.6 is 11.5 Å². The van der Waals surface area contributed by atoms with Gasteiger partial charge in [0.25, 0.3) is 0 Å². The molecule has 0 aliphatic heterocycles. The molecule has 0 aliphatic carbocycles. The Labute approximate surface area is 113 Å². The average Bonchev–Trinajstić information content (AvgIpc) is 3.16. The lowest BCUT2D eigenvalue weighted by Crippen LogP contribution is -1.74. The molecule has 0 saturated carbocycles. The van der Waals surface area contributed by atoms with Crippen LogP contribution in [0.15, 0.2) is 45.6 Å². The second kappa shape index (κ2) is 5.49. The first kappa shape index (κ1) is 11.7. The van der Waals surface area contributed by atoms with Crippen molar-refractivity contribution in [3.05, 3.63) is 59.1 Å². The van der Waals surface area contributed by atoms with Gasteiger partial charge in [0.1, 0.15) is 16.5 Å². The summed E-state index contributed by atoms with van der Waals surface area (Å²) in [5.41, 5.74) is 0. The summed E-state index contributed by atoms with van der Waals surface area (Å²) in [6, 6.07) is 7.44. The number of aromatic nitrogens is 2. The summed E-state index contributed by atoms with van der Waals surface area (Å²) in [6.07, 6.45) is 10.7. The fraction of sp³-hybridized carbons (Fsp3) is 0. The molecule has 0 atom stereocenters. The van der Waals surface area contributed by atoms with E-state index in [4.69, 9.17) is 8.83 Å². The number of nitrogens with zero attached hydrogens (tertiary/aromatic N) is 2. The topological polar surface area (TPSA) is 52.1 Å². The lowest BCUT2D eigenvalue weighted by Gasteiger charge is -1.83. The third kappa shape index (κ3) is 3.08. The van der Waals surface area contributed by atoms with Crippen LogP contribution in [0.5, 0.6) is 0 Å². The lowest BCUT2D eigenvalue weighted by atomic mass is 10.4. The van der Waals surface area contributed by atoms with Crippen LogP contribution in [0.1, 0.15) is 22.4 Å². The predicted octanol–water partition coefficient (Wildman–Crippen LogP) is 4.06. The van der Waals surface area contributed by atoms with Crippen molar-refractivity contribution in [3.63, 3.8) is 0 Å². The van der Waals surface area contributed by atoms with Crippen LogP contribution in [0.25, 0.3) is 24.3 Å². The first-order valence-corrected chi connectivity index (χ1v) is 6.44. The molecular weight excluding hydrogens is 260 g/mol. The van der Waals surface area contributed by atoms with Crippen molar-refractivity contribution in [1.82, 2.24) is 9.36 Å². The van der Waals surface area contributed by atoms with Crippen molar-refractivity contribution in [3.8, 4) is 0 Å². The average molecular weight is 270 g/mol. The number of rotatable bonds is 4. The van der Waals surface area contributed by atoms with Crippen molar-refractivity contribution in [2.75, 3.05) is 0 Å². The normalized spacial score (nSPS) is 11.8. The Kier molecular flexibility index (Phi) is 3.38. The largest absolute Gasteiger partial charge is 0.465 e. The summed E-state index contributed by atoms with van der Waals surface area (Å²) in [5.74, 6) is 2.24. The van der Waals surface area contributed by atoms with E-state index in [2.05, 4.69) is 9.36 Å². The van der Waals surface area contributed by atoms with Gasteiger partial charge >= 0.3 is 0 Å². The van der Waals surface area contributed by atoms with Crippen LogP contribution in [0.2, 0.25) is 0 Å². The van der Waals surface area contributed by atoms with Crippen LogP contribution in [0, 0.1) is 0 Å². The van der Waals surface area contributed by atoms with Crippen LogP contribution in [-0.2, 0) is 0 Å². The zero-order chi connectivity index (χ0) is 12.9. The molecule has 0 spiro atoms. The molecule has 4 nitrogen and oxygen atoms in total. The van der Waals surface area contributed by atoms with Gasteiger partial charge in [-0.15, -0.1) is 0 Å². The molecule has 3 aromatic heterocycles. The molecule has 5 heteroatoms. The van der Waals surface area contributed by atoms with Gasteiger partial charge in [-0.25, -0.2) is 4.98 Å². The van der Waals surface area contributed by atoms with Gasteiger partial charge in [-0.3, -0.25) is 0 Å². The Morgan fingerprint density at radius 3 is 2.21 bits per heavy atom. The zero-order valence-electron chi connectivity index (χ0n) is 9.89. The molecule has 3 aromatic rings. The highest BCUT2D eigenvalue weighted by atomic mass is 32.1. The first-order chi connectivity index (χ1) is 9.40. The van der Waals surface area contributed by atoms with Gasteiger partial charge in [-0.05, 0) is 60.1 Å². The Morgan fingerprint density at radius 1 is 0.895 bits per heavy atom. The van der Waals surface area contributed by atoms with E-state index in [1.807, 2.05) is 48.6 Å². The second-order valence-electron chi connectivity index (χ2n) is 3.69. The summed E-state index contributed by atoms with van der Waals surface area (Å²) in [6.45, 7) is 0. The van der Waals surface area contributed by atoms with Gasteiger partial charge in [0, 0.05) is 0 Å². The smallest absolute Gasteiger partial charge is 0.166 e. The highest BCUT2D eigenvalue weighted by molar-refractivity contribution is 7.06. The third-order valence-corrected chi connectivity index (χ3v) is 3.02. The van der Waals surface area contributed by atoms with Crippen LogP contribution in [-0.4, -0.2) is 9.36 Å². The monoisotopic (exact) mass is 270 g/mol. The quantitative estimate of drug-likeness (QED) is 0.717.